The van der Waals surface area contributed by atoms with Crippen molar-refractivity contribution in [3.8, 4) is 16.9 Å². The number of hydrogen-bond donors (Lipinski definition) is 5. The predicted molar refractivity (Wildman–Crippen MR) is 271 cm³/mol. The van der Waals surface area contributed by atoms with Gasteiger partial charge in [0, 0.05) is 57.1 Å². The van der Waals surface area contributed by atoms with Gasteiger partial charge in [0.2, 0.25) is 11.8 Å². The van der Waals surface area contributed by atoms with Crippen molar-refractivity contribution >= 4 is 63.6 Å². The minimum atomic E-state index is -2.13. The largest absolute Gasteiger partial charge is 0.497 e. The topological polar surface area (TPSA) is 116 Å². The van der Waals surface area contributed by atoms with Crippen LogP contribution in [0, 0.1) is 0 Å². The molecule has 0 fully saturated rings. The quantitative estimate of drug-likeness (QED) is 0.0260. The fraction of sp³-hybridized carbons (Fsp3) is 0.278. The second-order valence-corrected chi connectivity index (χ2v) is 21.6. The molecule has 330 valence electrons. The van der Waals surface area contributed by atoms with Crippen LogP contribution in [0.4, 0.5) is 5.69 Å². The number of fused-ring (bicyclic) bond motifs is 4. The first-order valence-electron chi connectivity index (χ1n) is 22.3. The summed E-state index contributed by atoms with van der Waals surface area (Å²) >= 11 is 0. The van der Waals surface area contributed by atoms with E-state index in [9.17, 15) is 9.59 Å². The van der Waals surface area contributed by atoms with E-state index in [1.54, 1.807) is 21.0 Å². The molecular weight excluding hydrogens is 809 g/mol. The van der Waals surface area contributed by atoms with E-state index in [4.69, 9.17) is 4.74 Å². The van der Waals surface area contributed by atoms with Crippen LogP contribution in [0.5, 0.6) is 5.75 Å². The number of carbonyl (C=O) groups is 2. The van der Waals surface area contributed by atoms with Gasteiger partial charge < -0.3 is 31.3 Å². The number of amides is 2. The molecule has 0 bridgehead atoms. The Labute approximate surface area is 379 Å². The lowest BCUT2D eigenvalue weighted by Crippen LogP contribution is -2.49. The molecule has 2 aliphatic rings. The SMILES string of the molecule is C=C(C)C(=O)NCCCNCc1c2ccccc2c(CNCCCNC(=O)C(=C)C)c2cc(-c3cc(OC)cc(C4=C5C=CC(=NC)C=C5[Si](C)(C)c5cc(NC)ccc54)c3)ccc12. The maximum absolute atomic E-state index is 12.1. The zero-order valence-corrected chi connectivity index (χ0v) is 39.5. The first-order valence-corrected chi connectivity index (χ1v) is 25.3. The first kappa shape index (κ1) is 45.7. The second kappa shape index (κ2) is 20.0. The zero-order valence-electron chi connectivity index (χ0n) is 38.5. The molecule has 0 unspecified atom stereocenters. The third kappa shape index (κ3) is 9.60. The van der Waals surface area contributed by atoms with Gasteiger partial charge in [-0.25, -0.2) is 0 Å². The molecule has 0 atom stereocenters. The summed E-state index contributed by atoms with van der Waals surface area (Å²) in [6.45, 7) is 19.8. The summed E-state index contributed by atoms with van der Waals surface area (Å²) in [5, 5.41) is 24.2. The van der Waals surface area contributed by atoms with Crippen LogP contribution >= 0.6 is 0 Å². The lowest BCUT2D eigenvalue weighted by molar-refractivity contribution is -0.118. The van der Waals surface area contributed by atoms with Gasteiger partial charge in [-0.2, -0.15) is 0 Å². The van der Waals surface area contributed by atoms with E-state index in [0.717, 1.165) is 59.8 Å². The Morgan fingerprint density at radius 1 is 0.703 bits per heavy atom. The van der Waals surface area contributed by atoms with Gasteiger partial charge in [-0.3, -0.25) is 14.6 Å². The summed E-state index contributed by atoms with van der Waals surface area (Å²) in [6, 6.07) is 29.0. The molecule has 7 rings (SSSR count). The number of nitrogens with one attached hydrogen (secondary N) is 5. The van der Waals surface area contributed by atoms with E-state index in [0.29, 0.717) is 37.3 Å². The van der Waals surface area contributed by atoms with E-state index < -0.39 is 8.07 Å². The molecule has 1 heterocycles. The highest BCUT2D eigenvalue weighted by Crippen LogP contribution is 2.44. The van der Waals surface area contributed by atoms with Crippen molar-refractivity contribution in [1.82, 2.24) is 21.3 Å². The van der Waals surface area contributed by atoms with E-state index in [-0.39, 0.29) is 11.8 Å². The standard InChI is InChI=1S/C54H62N6O3Si/c1-34(2)53(61)59-24-12-22-57-32-48-42-14-10-11-15-43(42)49(33-58-23-13-25-60-54(62)35(3)4)47-29-36(16-19-44(47)48)37-26-38(28-41(27-37)63-7)52-45-20-17-39(55-5)30-50(45)64(8,9)51-31-40(56-6)18-21-46(51)52/h10-11,14-21,26-31,55,57-58H,1,3,12-13,22-25,32-33H2,2,4-9H3,(H,59,61)(H,60,62). The number of carbonyl (C=O) groups excluding carboxylic acids is 2. The van der Waals surface area contributed by atoms with Gasteiger partial charge in [0.1, 0.15) is 13.8 Å². The summed E-state index contributed by atoms with van der Waals surface area (Å²) in [7, 11) is 3.46. The molecule has 64 heavy (non-hydrogen) atoms. The molecular formula is C54H62N6O3Si. The molecule has 0 spiro atoms. The first-order chi connectivity index (χ1) is 30.9. The summed E-state index contributed by atoms with van der Waals surface area (Å²) in [5.41, 5.74) is 12.5. The Hall–Kier alpha value is -6.33. The van der Waals surface area contributed by atoms with Crippen molar-refractivity contribution < 1.29 is 14.3 Å². The number of hydrogen-bond acceptors (Lipinski definition) is 7. The molecule has 1 aliphatic heterocycles. The van der Waals surface area contributed by atoms with Crippen molar-refractivity contribution in [3.63, 3.8) is 0 Å². The van der Waals surface area contributed by atoms with Gasteiger partial charge >= 0.3 is 0 Å². The molecule has 0 saturated carbocycles. The highest BCUT2D eigenvalue weighted by Gasteiger charge is 2.39. The Kier molecular flexibility index (Phi) is 14.3. The molecule has 1 aliphatic carbocycles. The number of ether oxygens (including phenoxy) is 1. The van der Waals surface area contributed by atoms with Crippen LogP contribution in [0.2, 0.25) is 13.1 Å². The Morgan fingerprint density at radius 3 is 1.91 bits per heavy atom. The molecule has 0 radical (unpaired) electrons. The monoisotopic (exact) mass is 870 g/mol. The van der Waals surface area contributed by atoms with E-state index >= 15 is 0 Å². The summed E-state index contributed by atoms with van der Waals surface area (Å²) in [4.78, 5) is 28.8. The zero-order chi connectivity index (χ0) is 45.5. The van der Waals surface area contributed by atoms with Gasteiger partial charge in [-0.1, -0.05) is 74.8 Å². The Balaban J connectivity index is 1.32. The van der Waals surface area contributed by atoms with Gasteiger partial charge in [-0.05, 0) is 165 Å². The normalized spacial score (nSPS) is 14.5. The minimum Gasteiger partial charge on any atom is -0.497 e. The predicted octanol–water partition coefficient (Wildman–Crippen LogP) is 8.89. The average molecular weight is 871 g/mol. The number of aliphatic imine (C=N–C) groups is 1. The number of rotatable bonds is 18. The second-order valence-electron chi connectivity index (χ2n) is 17.3. The van der Waals surface area contributed by atoms with Crippen LogP contribution in [-0.4, -0.2) is 73.0 Å². The van der Waals surface area contributed by atoms with Crippen LogP contribution in [0.1, 0.15) is 48.9 Å². The van der Waals surface area contributed by atoms with Crippen LogP contribution in [0.15, 0.2) is 137 Å². The fourth-order valence-corrected chi connectivity index (χ4v) is 12.0. The maximum Gasteiger partial charge on any atom is 0.246 e. The molecule has 2 amide bonds. The highest BCUT2D eigenvalue weighted by atomic mass is 28.3. The molecule has 5 aromatic rings. The van der Waals surface area contributed by atoms with Crippen LogP contribution in [-0.2, 0) is 22.7 Å². The molecule has 5 N–H and O–H groups in total. The highest BCUT2D eigenvalue weighted by molar-refractivity contribution is 6.98. The Bertz CT molecular complexity index is 2800. The Morgan fingerprint density at radius 2 is 1.31 bits per heavy atom. The van der Waals surface area contributed by atoms with Gasteiger partial charge in [0.15, 0.2) is 0 Å². The van der Waals surface area contributed by atoms with Gasteiger partial charge in [0.05, 0.1) is 12.8 Å². The number of anilines is 1. The molecule has 9 nitrogen and oxygen atoms in total. The number of benzene rings is 5. The molecule has 5 aromatic carbocycles. The van der Waals surface area contributed by atoms with Crippen molar-refractivity contribution in [3.05, 3.63) is 154 Å². The molecule has 0 saturated heterocycles. The van der Waals surface area contributed by atoms with Crippen molar-refractivity contribution in [2.24, 2.45) is 4.99 Å². The lowest BCUT2D eigenvalue weighted by atomic mass is 9.87. The van der Waals surface area contributed by atoms with Crippen LogP contribution in [0.3, 0.4) is 0 Å². The number of methoxy groups -OCH3 is 1. The van der Waals surface area contributed by atoms with Crippen molar-refractivity contribution in [1.29, 1.82) is 0 Å². The van der Waals surface area contributed by atoms with Crippen LogP contribution < -0.4 is 36.5 Å². The average Bonchev–Trinajstić information content (AvgIpc) is 3.30. The van der Waals surface area contributed by atoms with Gasteiger partial charge in [0.25, 0.3) is 0 Å². The van der Waals surface area contributed by atoms with Crippen LogP contribution in [0.25, 0.3) is 38.2 Å². The third-order valence-corrected chi connectivity index (χ3v) is 16.0. The number of nitrogens with zero attached hydrogens (tertiary/aromatic N) is 1. The maximum atomic E-state index is 12.1. The molecule has 10 heteroatoms. The summed E-state index contributed by atoms with van der Waals surface area (Å²) < 4.78 is 6.09. The van der Waals surface area contributed by atoms with Crippen molar-refractivity contribution in [2.75, 3.05) is 52.7 Å². The smallest absolute Gasteiger partial charge is 0.246 e. The third-order valence-electron chi connectivity index (χ3n) is 12.5. The minimum absolute atomic E-state index is 0.112. The summed E-state index contributed by atoms with van der Waals surface area (Å²) in [5.74, 6) is 0.566. The molecule has 0 aromatic heterocycles. The van der Waals surface area contributed by atoms with Crippen molar-refractivity contribution in [2.45, 2.75) is 52.9 Å². The lowest BCUT2D eigenvalue weighted by Gasteiger charge is -2.38. The number of allylic oxidation sites excluding steroid dienone is 5. The fourth-order valence-electron chi connectivity index (χ4n) is 8.95. The summed E-state index contributed by atoms with van der Waals surface area (Å²) in [6.07, 6.45) is 8.28. The van der Waals surface area contributed by atoms with E-state index in [2.05, 4.69) is 155 Å². The van der Waals surface area contributed by atoms with E-state index in [1.807, 2.05) is 14.1 Å². The van der Waals surface area contributed by atoms with E-state index in [1.165, 1.54) is 59.8 Å². The van der Waals surface area contributed by atoms with Gasteiger partial charge in [-0.15, -0.1) is 0 Å².